The van der Waals surface area contributed by atoms with Crippen molar-refractivity contribution in [2.45, 2.75) is 6.04 Å². The van der Waals surface area contributed by atoms with E-state index in [-0.39, 0.29) is 12.5 Å². The normalized spacial score (nSPS) is 19.2. The van der Waals surface area contributed by atoms with Crippen molar-refractivity contribution in [2.24, 2.45) is 5.73 Å². The standard InChI is InChI=1S/C14H15N3O3/c15-13(18)11-8-20-7-6-17(11)14(19)10-3-1-2-9-4-5-16-12(9)10/h1-5,11,16H,6-8H2,(H2,15,18). The largest absolute Gasteiger partial charge is 0.377 e. The molecule has 1 fully saturated rings. The number of aromatic nitrogens is 1. The Kier molecular flexibility index (Phi) is 3.15. The Balaban J connectivity index is 1.98. The highest BCUT2D eigenvalue weighted by Gasteiger charge is 2.32. The van der Waals surface area contributed by atoms with E-state index in [4.69, 9.17) is 10.5 Å². The fourth-order valence-corrected chi connectivity index (χ4v) is 2.50. The third kappa shape index (κ3) is 2.04. The van der Waals surface area contributed by atoms with Crippen molar-refractivity contribution in [2.75, 3.05) is 19.8 Å². The number of carbonyl (C=O) groups excluding carboxylic acids is 2. The molecule has 2 amide bonds. The van der Waals surface area contributed by atoms with Crippen LogP contribution in [-0.2, 0) is 9.53 Å². The molecule has 20 heavy (non-hydrogen) atoms. The van der Waals surface area contributed by atoms with Crippen LogP contribution < -0.4 is 5.73 Å². The van der Waals surface area contributed by atoms with Crippen molar-refractivity contribution >= 4 is 22.7 Å². The zero-order chi connectivity index (χ0) is 14.1. The summed E-state index contributed by atoms with van der Waals surface area (Å²) in [7, 11) is 0. The van der Waals surface area contributed by atoms with Gasteiger partial charge in [0, 0.05) is 18.1 Å². The summed E-state index contributed by atoms with van der Waals surface area (Å²) in [4.78, 5) is 28.7. The van der Waals surface area contributed by atoms with Crippen molar-refractivity contribution in [3.8, 4) is 0 Å². The molecule has 0 saturated carbocycles. The molecule has 1 aliphatic rings. The second kappa shape index (κ2) is 4.97. The van der Waals surface area contributed by atoms with Crippen molar-refractivity contribution in [1.82, 2.24) is 9.88 Å². The molecule has 3 rings (SSSR count). The number of morpholine rings is 1. The van der Waals surface area contributed by atoms with Gasteiger partial charge in [0.05, 0.1) is 24.3 Å². The lowest BCUT2D eigenvalue weighted by atomic mass is 10.1. The maximum atomic E-state index is 12.7. The summed E-state index contributed by atoms with van der Waals surface area (Å²) in [5.74, 6) is -0.748. The van der Waals surface area contributed by atoms with Crippen molar-refractivity contribution in [3.05, 3.63) is 36.0 Å². The van der Waals surface area contributed by atoms with Gasteiger partial charge < -0.3 is 20.4 Å². The smallest absolute Gasteiger partial charge is 0.256 e. The number of hydrogen-bond acceptors (Lipinski definition) is 3. The number of primary amides is 1. The van der Waals surface area contributed by atoms with E-state index < -0.39 is 11.9 Å². The Morgan fingerprint density at radius 3 is 3.00 bits per heavy atom. The number of carbonyl (C=O) groups is 2. The first-order valence-electron chi connectivity index (χ1n) is 6.42. The van der Waals surface area contributed by atoms with Crippen LogP contribution in [0.3, 0.4) is 0 Å². The number of nitrogens with one attached hydrogen (secondary N) is 1. The van der Waals surface area contributed by atoms with Gasteiger partial charge in [-0.1, -0.05) is 12.1 Å². The molecule has 104 valence electrons. The van der Waals surface area contributed by atoms with E-state index in [1.165, 1.54) is 4.90 Å². The van der Waals surface area contributed by atoms with Crippen LogP contribution in [0.25, 0.3) is 10.9 Å². The molecule has 1 saturated heterocycles. The molecule has 1 atom stereocenters. The predicted molar refractivity (Wildman–Crippen MR) is 73.1 cm³/mol. The van der Waals surface area contributed by atoms with Crippen LogP contribution in [0.1, 0.15) is 10.4 Å². The highest BCUT2D eigenvalue weighted by molar-refractivity contribution is 6.07. The Morgan fingerprint density at radius 2 is 2.20 bits per heavy atom. The highest BCUT2D eigenvalue weighted by Crippen LogP contribution is 2.20. The number of nitrogens with two attached hydrogens (primary N) is 1. The van der Waals surface area contributed by atoms with Gasteiger partial charge in [0.25, 0.3) is 5.91 Å². The Bertz CT molecular complexity index is 664. The second-order valence-corrected chi connectivity index (χ2v) is 4.74. The summed E-state index contributed by atoms with van der Waals surface area (Å²) in [5.41, 5.74) is 6.66. The molecule has 1 aliphatic heterocycles. The average Bonchev–Trinajstić information content (AvgIpc) is 2.94. The summed E-state index contributed by atoms with van der Waals surface area (Å²) in [6.45, 7) is 0.932. The van der Waals surface area contributed by atoms with E-state index in [0.717, 1.165) is 10.9 Å². The number of hydrogen-bond donors (Lipinski definition) is 2. The zero-order valence-electron chi connectivity index (χ0n) is 10.8. The minimum absolute atomic E-state index is 0.155. The lowest BCUT2D eigenvalue weighted by molar-refractivity contribution is -0.127. The molecule has 6 nitrogen and oxygen atoms in total. The van der Waals surface area contributed by atoms with Crippen LogP contribution >= 0.6 is 0 Å². The van der Waals surface area contributed by atoms with Crippen LogP contribution in [0.5, 0.6) is 0 Å². The van der Waals surface area contributed by atoms with Gasteiger partial charge in [-0.05, 0) is 12.1 Å². The predicted octanol–water partition coefficient (Wildman–Crippen LogP) is 0.494. The number of benzene rings is 1. The molecule has 0 spiro atoms. The fraction of sp³-hybridized carbons (Fsp3) is 0.286. The van der Waals surface area contributed by atoms with Gasteiger partial charge in [-0.3, -0.25) is 9.59 Å². The molecule has 0 bridgehead atoms. The van der Waals surface area contributed by atoms with Gasteiger partial charge in [0.2, 0.25) is 5.91 Å². The summed E-state index contributed by atoms with van der Waals surface area (Å²) in [5, 5.41) is 0.958. The van der Waals surface area contributed by atoms with Gasteiger partial charge in [-0.25, -0.2) is 0 Å². The Morgan fingerprint density at radius 1 is 1.35 bits per heavy atom. The minimum atomic E-state index is -0.707. The summed E-state index contributed by atoms with van der Waals surface area (Å²) in [6, 6.07) is 6.68. The number of fused-ring (bicyclic) bond motifs is 1. The number of H-pyrrole nitrogens is 1. The van der Waals surface area contributed by atoms with Crippen LogP contribution in [0, 0.1) is 0 Å². The Labute approximate surface area is 115 Å². The highest BCUT2D eigenvalue weighted by atomic mass is 16.5. The molecule has 2 aromatic rings. The van der Waals surface area contributed by atoms with Gasteiger partial charge in [-0.2, -0.15) is 0 Å². The van der Waals surface area contributed by atoms with Crippen molar-refractivity contribution < 1.29 is 14.3 Å². The summed E-state index contributed by atoms with van der Waals surface area (Å²) >= 11 is 0. The first-order valence-corrected chi connectivity index (χ1v) is 6.42. The summed E-state index contributed by atoms with van der Waals surface area (Å²) < 4.78 is 5.23. The molecule has 6 heteroatoms. The van der Waals surface area contributed by atoms with Crippen molar-refractivity contribution in [1.29, 1.82) is 0 Å². The maximum Gasteiger partial charge on any atom is 0.256 e. The maximum absolute atomic E-state index is 12.7. The molecule has 1 unspecified atom stereocenters. The SMILES string of the molecule is NC(=O)C1COCCN1C(=O)c1cccc2cc[nH]c12. The molecule has 1 aromatic carbocycles. The fourth-order valence-electron chi connectivity index (χ4n) is 2.50. The van der Waals surface area contributed by atoms with E-state index in [2.05, 4.69) is 4.98 Å². The first-order chi connectivity index (χ1) is 9.68. The monoisotopic (exact) mass is 273 g/mol. The van der Waals surface area contributed by atoms with E-state index in [0.29, 0.717) is 18.7 Å². The molecule has 2 heterocycles. The molecule has 0 aliphatic carbocycles. The Hall–Kier alpha value is -2.34. The van der Waals surface area contributed by atoms with E-state index in [1.54, 1.807) is 12.3 Å². The van der Waals surface area contributed by atoms with E-state index >= 15 is 0 Å². The third-order valence-corrected chi connectivity index (χ3v) is 3.54. The number of para-hydroxylation sites is 1. The number of rotatable bonds is 2. The van der Waals surface area contributed by atoms with Crippen LogP contribution in [0.2, 0.25) is 0 Å². The van der Waals surface area contributed by atoms with E-state index in [1.807, 2.05) is 18.2 Å². The summed E-state index contributed by atoms with van der Waals surface area (Å²) in [6.07, 6.45) is 1.78. The van der Waals surface area contributed by atoms with Gasteiger partial charge in [0.15, 0.2) is 0 Å². The van der Waals surface area contributed by atoms with Gasteiger partial charge in [-0.15, -0.1) is 0 Å². The molecule has 0 radical (unpaired) electrons. The number of aromatic amines is 1. The topological polar surface area (TPSA) is 88.4 Å². The lowest BCUT2D eigenvalue weighted by Gasteiger charge is -2.33. The molecular weight excluding hydrogens is 258 g/mol. The van der Waals surface area contributed by atoms with Crippen molar-refractivity contribution in [3.63, 3.8) is 0 Å². The van der Waals surface area contributed by atoms with Crippen LogP contribution in [-0.4, -0.2) is 47.5 Å². The van der Waals surface area contributed by atoms with Gasteiger partial charge in [0.1, 0.15) is 6.04 Å². The second-order valence-electron chi connectivity index (χ2n) is 4.74. The van der Waals surface area contributed by atoms with E-state index in [9.17, 15) is 9.59 Å². The number of nitrogens with zero attached hydrogens (tertiary/aromatic N) is 1. The third-order valence-electron chi connectivity index (χ3n) is 3.54. The quantitative estimate of drug-likeness (QED) is 0.834. The van der Waals surface area contributed by atoms with Crippen LogP contribution in [0.4, 0.5) is 0 Å². The van der Waals surface area contributed by atoms with Gasteiger partial charge >= 0.3 is 0 Å². The van der Waals surface area contributed by atoms with Crippen LogP contribution in [0.15, 0.2) is 30.5 Å². The minimum Gasteiger partial charge on any atom is -0.377 e. The zero-order valence-corrected chi connectivity index (χ0v) is 10.8. The molecule has 3 N–H and O–H groups in total. The number of amides is 2. The first kappa shape index (κ1) is 12.7. The average molecular weight is 273 g/mol. The number of ether oxygens (including phenoxy) is 1. The molecule has 1 aromatic heterocycles. The lowest BCUT2D eigenvalue weighted by Crippen LogP contribution is -2.54. The molecular formula is C14H15N3O3.